The van der Waals surface area contributed by atoms with Crippen molar-refractivity contribution in [1.29, 1.82) is 0 Å². The van der Waals surface area contributed by atoms with Crippen LogP contribution in [0.2, 0.25) is 0 Å². The van der Waals surface area contributed by atoms with Crippen molar-refractivity contribution in [3.8, 4) is 0 Å². The molecule has 0 fully saturated rings. The molecule has 1 atom stereocenters. The van der Waals surface area contributed by atoms with E-state index in [1.165, 1.54) is 7.11 Å². The third-order valence-corrected chi connectivity index (χ3v) is 3.00. The van der Waals surface area contributed by atoms with Crippen LogP contribution in [0.4, 0.5) is 0 Å². The third kappa shape index (κ3) is 5.71. The van der Waals surface area contributed by atoms with Crippen LogP contribution >= 0.6 is 0 Å². The molecule has 0 amide bonds. The van der Waals surface area contributed by atoms with Crippen LogP contribution in [0.15, 0.2) is 43.0 Å². The molecule has 1 unspecified atom stereocenters. The zero-order valence-electron chi connectivity index (χ0n) is 11.6. The van der Waals surface area contributed by atoms with Gasteiger partial charge in [0.2, 0.25) is 0 Å². The van der Waals surface area contributed by atoms with Crippen molar-refractivity contribution in [3.05, 3.63) is 48.6 Å². The van der Waals surface area contributed by atoms with Gasteiger partial charge in [-0.15, -0.1) is 6.58 Å². The standard InChI is InChI=1S/C16H23NO2/c1-3-4-5-6-10-13-17-15(16(18)19-2)14-11-8-7-9-12-14/h3,7-9,11-12,15,17H,1,4-6,10,13H2,2H3. The topological polar surface area (TPSA) is 38.3 Å². The molecule has 1 aromatic rings. The third-order valence-electron chi connectivity index (χ3n) is 3.00. The van der Waals surface area contributed by atoms with Gasteiger partial charge in [-0.25, -0.2) is 4.79 Å². The largest absolute Gasteiger partial charge is 0.468 e. The Morgan fingerprint density at radius 1 is 1.32 bits per heavy atom. The lowest BCUT2D eigenvalue weighted by Gasteiger charge is -2.16. The molecule has 19 heavy (non-hydrogen) atoms. The van der Waals surface area contributed by atoms with Crippen LogP contribution in [-0.4, -0.2) is 19.6 Å². The average molecular weight is 261 g/mol. The molecule has 1 aromatic carbocycles. The molecule has 0 saturated carbocycles. The molecule has 0 bridgehead atoms. The second kappa shape index (κ2) is 9.34. The van der Waals surface area contributed by atoms with E-state index in [2.05, 4.69) is 11.9 Å². The maximum Gasteiger partial charge on any atom is 0.327 e. The van der Waals surface area contributed by atoms with E-state index >= 15 is 0 Å². The summed E-state index contributed by atoms with van der Waals surface area (Å²) in [5, 5.41) is 3.26. The first-order valence-corrected chi connectivity index (χ1v) is 6.76. The maximum absolute atomic E-state index is 11.8. The molecule has 104 valence electrons. The Morgan fingerprint density at radius 2 is 2.05 bits per heavy atom. The van der Waals surface area contributed by atoms with Crippen LogP contribution < -0.4 is 5.32 Å². The van der Waals surface area contributed by atoms with Crippen molar-refractivity contribution >= 4 is 5.97 Å². The van der Waals surface area contributed by atoms with Gasteiger partial charge in [0, 0.05) is 0 Å². The summed E-state index contributed by atoms with van der Waals surface area (Å²) in [5.74, 6) is -0.239. The van der Waals surface area contributed by atoms with Gasteiger partial charge in [-0.05, 0) is 31.4 Å². The number of unbranched alkanes of at least 4 members (excludes halogenated alkanes) is 3. The molecule has 0 aromatic heterocycles. The number of hydrogen-bond donors (Lipinski definition) is 1. The van der Waals surface area contributed by atoms with E-state index in [1.807, 2.05) is 36.4 Å². The number of carbonyl (C=O) groups is 1. The first kappa shape index (κ1) is 15.4. The monoisotopic (exact) mass is 261 g/mol. The number of hydrogen-bond acceptors (Lipinski definition) is 3. The quantitative estimate of drug-likeness (QED) is 0.421. The molecule has 0 aliphatic heterocycles. The number of allylic oxidation sites excluding steroid dienone is 1. The second-order valence-corrected chi connectivity index (χ2v) is 4.46. The van der Waals surface area contributed by atoms with Crippen LogP contribution in [0.25, 0.3) is 0 Å². The molecule has 0 heterocycles. The lowest BCUT2D eigenvalue weighted by Crippen LogP contribution is -2.30. The first-order valence-electron chi connectivity index (χ1n) is 6.76. The Balaban J connectivity index is 2.43. The van der Waals surface area contributed by atoms with Crippen LogP contribution in [0.3, 0.4) is 0 Å². The second-order valence-electron chi connectivity index (χ2n) is 4.46. The van der Waals surface area contributed by atoms with E-state index in [1.54, 1.807) is 0 Å². The van der Waals surface area contributed by atoms with Crippen molar-refractivity contribution in [2.75, 3.05) is 13.7 Å². The maximum atomic E-state index is 11.8. The first-order chi connectivity index (χ1) is 9.29. The van der Waals surface area contributed by atoms with E-state index in [-0.39, 0.29) is 12.0 Å². The van der Waals surface area contributed by atoms with Gasteiger partial charge in [-0.2, -0.15) is 0 Å². The van der Waals surface area contributed by atoms with Crippen molar-refractivity contribution in [3.63, 3.8) is 0 Å². The Labute approximate surface area is 115 Å². The lowest BCUT2D eigenvalue weighted by atomic mass is 10.1. The summed E-state index contributed by atoms with van der Waals surface area (Å²) in [7, 11) is 1.42. The zero-order valence-corrected chi connectivity index (χ0v) is 11.6. The van der Waals surface area contributed by atoms with Gasteiger partial charge in [0.05, 0.1) is 7.11 Å². The van der Waals surface area contributed by atoms with Gasteiger partial charge in [0.1, 0.15) is 6.04 Å². The highest BCUT2D eigenvalue weighted by atomic mass is 16.5. The highest BCUT2D eigenvalue weighted by Crippen LogP contribution is 2.14. The molecule has 1 N–H and O–H groups in total. The summed E-state index contributed by atoms with van der Waals surface area (Å²) in [6.45, 7) is 4.52. The van der Waals surface area contributed by atoms with E-state index < -0.39 is 0 Å². The fraction of sp³-hybridized carbons (Fsp3) is 0.438. The van der Waals surface area contributed by atoms with Crippen LogP contribution in [0.1, 0.15) is 37.3 Å². The minimum Gasteiger partial charge on any atom is -0.468 e. The minimum absolute atomic E-state index is 0.239. The predicted molar refractivity (Wildman–Crippen MR) is 77.9 cm³/mol. The summed E-state index contributed by atoms with van der Waals surface area (Å²) >= 11 is 0. The molecule has 0 aliphatic rings. The molecule has 0 aliphatic carbocycles. The van der Waals surface area contributed by atoms with Gasteiger partial charge in [-0.3, -0.25) is 0 Å². The smallest absolute Gasteiger partial charge is 0.327 e. The fourth-order valence-corrected chi connectivity index (χ4v) is 1.94. The summed E-state index contributed by atoms with van der Waals surface area (Å²) in [4.78, 5) is 11.8. The van der Waals surface area contributed by atoms with Crippen molar-refractivity contribution < 1.29 is 9.53 Å². The summed E-state index contributed by atoms with van der Waals surface area (Å²) in [6, 6.07) is 9.30. The number of rotatable bonds is 9. The molecular weight excluding hydrogens is 238 g/mol. The van der Waals surface area contributed by atoms with Gasteiger partial charge in [0.25, 0.3) is 0 Å². The normalized spacial score (nSPS) is 11.8. The number of esters is 1. The molecule has 1 rings (SSSR count). The summed E-state index contributed by atoms with van der Waals surface area (Å²) < 4.78 is 4.85. The molecule has 0 saturated heterocycles. The zero-order chi connectivity index (χ0) is 13.9. The van der Waals surface area contributed by atoms with Crippen LogP contribution in [0, 0.1) is 0 Å². The van der Waals surface area contributed by atoms with Crippen LogP contribution in [0.5, 0.6) is 0 Å². The minimum atomic E-state index is -0.370. The van der Waals surface area contributed by atoms with Gasteiger partial charge >= 0.3 is 5.97 Å². The Kier molecular flexibility index (Phi) is 7.59. The summed E-state index contributed by atoms with van der Waals surface area (Å²) in [6.07, 6.45) is 6.34. The Bertz CT molecular complexity index is 376. The number of ether oxygens (including phenoxy) is 1. The number of carbonyl (C=O) groups excluding carboxylic acids is 1. The van der Waals surface area contributed by atoms with E-state index in [9.17, 15) is 4.79 Å². The highest BCUT2D eigenvalue weighted by molar-refractivity contribution is 5.77. The number of benzene rings is 1. The fourth-order valence-electron chi connectivity index (χ4n) is 1.94. The van der Waals surface area contributed by atoms with E-state index in [4.69, 9.17) is 4.74 Å². The van der Waals surface area contributed by atoms with E-state index in [0.717, 1.165) is 37.8 Å². The van der Waals surface area contributed by atoms with Crippen molar-refractivity contribution in [2.45, 2.75) is 31.7 Å². The molecule has 3 nitrogen and oxygen atoms in total. The molecule has 0 spiro atoms. The van der Waals surface area contributed by atoms with Gasteiger partial charge in [-0.1, -0.05) is 42.8 Å². The predicted octanol–water partition coefficient (Wildman–Crippen LogP) is 3.24. The molecular formula is C16H23NO2. The molecule has 3 heteroatoms. The Hall–Kier alpha value is -1.61. The average Bonchev–Trinajstić information content (AvgIpc) is 2.47. The highest BCUT2D eigenvalue weighted by Gasteiger charge is 2.19. The van der Waals surface area contributed by atoms with Crippen molar-refractivity contribution in [1.82, 2.24) is 5.32 Å². The summed E-state index contributed by atoms with van der Waals surface area (Å²) in [5.41, 5.74) is 0.945. The van der Waals surface area contributed by atoms with Crippen molar-refractivity contribution in [2.24, 2.45) is 0 Å². The van der Waals surface area contributed by atoms with E-state index in [0.29, 0.717) is 0 Å². The number of methoxy groups -OCH3 is 1. The lowest BCUT2D eigenvalue weighted by molar-refractivity contribution is -0.143. The van der Waals surface area contributed by atoms with Gasteiger partial charge < -0.3 is 10.1 Å². The SMILES string of the molecule is C=CCCCCCNC(C(=O)OC)c1ccccc1. The number of nitrogens with one attached hydrogen (secondary N) is 1. The van der Waals surface area contributed by atoms with Gasteiger partial charge in [0.15, 0.2) is 0 Å². The van der Waals surface area contributed by atoms with Crippen LogP contribution in [-0.2, 0) is 9.53 Å². The molecule has 0 radical (unpaired) electrons. The Morgan fingerprint density at radius 3 is 2.68 bits per heavy atom.